The molecule has 8 nitrogen and oxygen atoms in total. The molecule has 236 valence electrons. The number of ether oxygens (including phenoxy) is 2. The topological polar surface area (TPSA) is 110 Å². The maximum Gasteiger partial charge on any atom is 0.238 e. The summed E-state index contributed by atoms with van der Waals surface area (Å²) >= 11 is 0. The number of para-hydroxylation sites is 1. The van der Waals surface area contributed by atoms with E-state index in [1.54, 1.807) is 57.5 Å². The van der Waals surface area contributed by atoms with Gasteiger partial charge in [0, 0.05) is 33.8 Å². The third kappa shape index (κ3) is 4.92. The minimum Gasteiger partial charge on any atom is -0.508 e. The van der Waals surface area contributed by atoms with Gasteiger partial charge in [0.05, 0.1) is 31.7 Å². The second kappa shape index (κ2) is 11.7. The molecular formula is C39H33NO7. The van der Waals surface area contributed by atoms with E-state index in [1.165, 1.54) is 11.0 Å². The summed E-state index contributed by atoms with van der Waals surface area (Å²) in [7, 11) is 3.21. The molecule has 1 saturated heterocycles. The van der Waals surface area contributed by atoms with Crippen LogP contribution in [-0.4, -0.2) is 42.7 Å². The lowest BCUT2D eigenvalue weighted by Gasteiger charge is -2.42. The van der Waals surface area contributed by atoms with E-state index in [9.17, 15) is 24.3 Å². The summed E-state index contributed by atoms with van der Waals surface area (Å²) in [5.74, 6) is -2.12. The Balaban J connectivity index is 1.20. The molecule has 8 heteroatoms. The number of phenols is 1. The van der Waals surface area contributed by atoms with E-state index < -0.39 is 23.7 Å². The molecule has 0 aromatic heterocycles. The molecule has 1 aliphatic heterocycles. The number of Topliss-reactive ketones (excluding diaryl/α,β-unsaturated/α-hetero) is 1. The molecule has 0 radical (unpaired) electrons. The first-order valence-corrected chi connectivity index (χ1v) is 15.6. The molecular weight excluding hydrogens is 594 g/mol. The van der Waals surface area contributed by atoms with Gasteiger partial charge in [-0.2, -0.15) is 0 Å². The van der Waals surface area contributed by atoms with Crippen molar-refractivity contribution in [3.8, 4) is 17.2 Å². The molecule has 7 rings (SSSR count). The first-order valence-electron chi connectivity index (χ1n) is 15.6. The lowest BCUT2D eigenvalue weighted by Crippen LogP contribution is -2.39. The van der Waals surface area contributed by atoms with Crippen LogP contribution in [0.3, 0.4) is 0 Å². The van der Waals surface area contributed by atoms with E-state index in [1.807, 2.05) is 48.6 Å². The molecule has 4 atom stereocenters. The lowest BCUT2D eigenvalue weighted by atomic mass is 9.59. The number of methoxy groups -OCH3 is 2. The highest BCUT2D eigenvalue weighted by molar-refractivity contribution is 6.25. The van der Waals surface area contributed by atoms with Gasteiger partial charge in [-0.1, -0.05) is 54.1 Å². The summed E-state index contributed by atoms with van der Waals surface area (Å²) in [6.07, 6.45) is 7.64. The van der Waals surface area contributed by atoms with Gasteiger partial charge in [-0.15, -0.1) is 0 Å². The molecule has 1 N–H and O–H groups in total. The summed E-state index contributed by atoms with van der Waals surface area (Å²) < 4.78 is 10.8. The van der Waals surface area contributed by atoms with Gasteiger partial charge in [0.2, 0.25) is 11.8 Å². The number of rotatable bonds is 6. The van der Waals surface area contributed by atoms with E-state index >= 15 is 0 Å². The van der Waals surface area contributed by atoms with Gasteiger partial charge in [0.25, 0.3) is 0 Å². The first kappa shape index (κ1) is 30.2. The highest BCUT2D eigenvalue weighted by atomic mass is 16.5. The maximum absolute atomic E-state index is 14.2. The standard InChI is InChI=1S/C39H33NO7/c1-21-18-32(42)30-20-29-26(34(36(30)37(21)43)27-6-4-5-7-31(27)41)15-16-28-35(29)39(45)40(38(28)44)24-12-9-22(10-13-24)8-11-23-19-25(46-2)14-17-33(23)47-3/h4-15,17-19,28-29,34-35,41H,16,20H2,1-3H3. The van der Waals surface area contributed by atoms with Crippen molar-refractivity contribution in [3.63, 3.8) is 0 Å². The van der Waals surface area contributed by atoms with Crippen LogP contribution < -0.4 is 14.4 Å². The van der Waals surface area contributed by atoms with Crippen LogP contribution in [0.15, 0.2) is 101 Å². The van der Waals surface area contributed by atoms with Gasteiger partial charge in [0.1, 0.15) is 17.2 Å². The van der Waals surface area contributed by atoms with Crippen LogP contribution in [0.5, 0.6) is 17.2 Å². The fourth-order valence-electron chi connectivity index (χ4n) is 7.59. The number of ketones is 2. The van der Waals surface area contributed by atoms with E-state index in [2.05, 4.69) is 0 Å². The number of hydrogen-bond acceptors (Lipinski definition) is 7. The summed E-state index contributed by atoms with van der Waals surface area (Å²) in [5.41, 5.74) is 4.56. The average molecular weight is 628 g/mol. The van der Waals surface area contributed by atoms with E-state index in [4.69, 9.17) is 9.47 Å². The Bertz CT molecular complexity index is 1980. The van der Waals surface area contributed by atoms with Crippen LogP contribution in [0.1, 0.15) is 42.4 Å². The van der Waals surface area contributed by atoms with Gasteiger partial charge < -0.3 is 14.6 Å². The highest BCUT2D eigenvalue weighted by Crippen LogP contribution is 2.56. The van der Waals surface area contributed by atoms with Crippen molar-refractivity contribution in [2.45, 2.75) is 25.7 Å². The fraction of sp³-hybridized carbons (Fsp3) is 0.231. The Labute approximate surface area is 272 Å². The Morgan fingerprint density at radius 1 is 0.872 bits per heavy atom. The zero-order valence-corrected chi connectivity index (χ0v) is 26.2. The van der Waals surface area contributed by atoms with Crippen molar-refractivity contribution in [3.05, 3.63) is 118 Å². The smallest absolute Gasteiger partial charge is 0.238 e. The minimum atomic E-state index is -0.695. The zero-order chi connectivity index (χ0) is 33.0. The number of anilines is 1. The molecule has 3 aliphatic carbocycles. The fourth-order valence-corrected chi connectivity index (χ4v) is 7.59. The van der Waals surface area contributed by atoms with E-state index in [0.29, 0.717) is 45.9 Å². The van der Waals surface area contributed by atoms with Gasteiger partial charge in [-0.05, 0) is 73.7 Å². The number of fused-ring (bicyclic) bond motifs is 3. The van der Waals surface area contributed by atoms with Crippen molar-refractivity contribution in [2.24, 2.45) is 17.8 Å². The van der Waals surface area contributed by atoms with Gasteiger partial charge >= 0.3 is 0 Å². The largest absolute Gasteiger partial charge is 0.508 e. The van der Waals surface area contributed by atoms with Crippen LogP contribution in [0, 0.1) is 17.8 Å². The van der Waals surface area contributed by atoms with Crippen LogP contribution >= 0.6 is 0 Å². The number of carbonyl (C=O) groups excluding carboxylic acids is 4. The SMILES string of the molecule is COc1ccc(OC)c(C=Cc2ccc(N3C(=O)C4CC=C5C(c6ccccc6O)C6=C(CC5C4C3=O)C(=O)C=C(C)C6=O)cc2)c1. The number of carbonyl (C=O) groups is 4. The number of imide groups is 1. The molecule has 0 bridgehead atoms. The number of nitrogens with zero attached hydrogens (tertiary/aromatic N) is 1. The Morgan fingerprint density at radius 2 is 1.64 bits per heavy atom. The summed E-state index contributed by atoms with van der Waals surface area (Å²) in [5, 5.41) is 10.9. The molecule has 3 aromatic rings. The molecule has 2 amide bonds. The summed E-state index contributed by atoms with van der Waals surface area (Å²) in [6.45, 7) is 1.62. The van der Waals surface area contributed by atoms with Gasteiger partial charge in [-0.25, -0.2) is 0 Å². The number of aromatic hydroxyl groups is 1. The number of amides is 2. The number of phenolic OH excluding ortho intramolecular Hbond substituents is 1. The predicted molar refractivity (Wildman–Crippen MR) is 177 cm³/mol. The van der Waals surface area contributed by atoms with Crippen LogP contribution in [0.4, 0.5) is 5.69 Å². The molecule has 47 heavy (non-hydrogen) atoms. The van der Waals surface area contributed by atoms with Crippen molar-refractivity contribution in [1.82, 2.24) is 0 Å². The maximum atomic E-state index is 14.2. The monoisotopic (exact) mass is 627 g/mol. The second-order valence-electron chi connectivity index (χ2n) is 12.3. The van der Waals surface area contributed by atoms with E-state index in [0.717, 1.165) is 16.7 Å². The normalized spacial score (nSPS) is 23.8. The summed E-state index contributed by atoms with van der Waals surface area (Å²) in [4.78, 5) is 56.2. The van der Waals surface area contributed by atoms with Crippen LogP contribution in [0.2, 0.25) is 0 Å². The molecule has 0 saturated carbocycles. The molecule has 1 heterocycles. The molecule has 4 aliphatic rings. The van der Waals surface area contributed by atoms with Crippen molar-refractivity contribution in [2.75, 3.05) is 19.1 Å². The van der Waals surface area contributed by atoms with Gasteiger partial charge in [-0.3, -0.25) is 24.1 Å². The molecule has 3 aromatic carbocycles. The third-order valence-corrected chi connectivity index (χ3v) is 9.86. The van der Waals surface area contributed by atoms with Crippen molar-refractivity contribution < 1.29 is 33.8 Å². The van der Waals surface area contributed by atoms with Crippen LogP contribution in [0.25, 0.3) is 12.2 Å². The quantitative estimate of drug-likeness (QED) is 0.150. The molecule has 1 fully saturated rings. The van der Waals surface area contributed by atoms with Crippen molar-refractivity contribution >= 4 is 41.2 Å². The highest BCUT2D eigenvalue weighted by Gasteiger charge is 2.56. The number of benzene rings is 3. The van der Waals surface area contributed by atoms with Gasteiger partial charge in [0.15, 0.2) is 11.6 Å². The summed E-state index contributed by atoms with van der Waals surface area (Å²) in [6, 6.07) is 19.5. The predicted octanol–water partition coefficient (Wildman–Crippen LogP) is 6.21. The number of hydrogen-bond donors (Lipinski definition) is 1. The molecule has 0 spiro atoms. The molecule has 4 unspecified atom stereocenters. The number of allylic oxidation sites excluding steroid dienone is 6. The second-order valence-corrected chi connectivity index (χ2v) is 12.3. The van der Waals surface area contributed by atoms with E-state index in [-0.39, 0.29) is 35.6 Å². The Hall–Kier alpha value is -5.50. The van der Waals surface area contributed by atoms with Crippen LogP contribution in [-0.2, 0) is 19.2 Å². The Kier molecular flexibility index (Phi) is 7.51. The average Bonchev–Trinajstić information content (AvgIpc) is 3.34. The van der Waals surface area contributed by atoms with Crippen molar-refractivity contribution in [1.29, 1.82) is 0 Å². The lowest BCUT2D eigenvalue weighted by molar-refractivity contribution is -0.123. The zero-order valence-electron chi connectivity index (χ0n) is 26.2. The Morgan fingerprint density at radius 3 is 2.36 bits per heavy atom. The first-order chi connectivity index (χ1) is 22.7. The third-order valence-electron chi connectivity index (χ3n) is 9.86. The minimum absolute atomic E-state index is 0.00918.